The smallest absolute Gasteiger partial charge is 0.254 e. The maximum Gasteiger partial charge on any atom is 0.254 e. The minimum absolute atomic E-state index is 0.437. The van der Waals surface area contributed by atoms with E-state index >= 15 is 0 Å². The molecule has 0 radical (unpaired) electrons. The first-order valence-electron chi connectivity index (χ1n) is 7.13. The molecule has 0 unspecified atom stereocenters. The lowest BCUT2D eigenvalue weighted by Gasteiger charge is -2.25. The third-order valence-electron chi connectivity index (χ3n) is 3.51. The Hall–Kier alpha value is -3.21. The van der Waals surface area contributed by atoms with Gasteiger partial charge in [0.25, 0.3) is 17.7 Å². The standard InChI is InChI=1S/C18H14N2O3/c21-15-11-12-16(22)20(15)17(13-7-3-1-4-8-13)18(23)19-14-9-5-2-6-10-14/h1-12,17H,(H,19,23)/t17-/m0/s1. The van der Waals surface area contributed by atoms with Gasteiger partial charge in [-0.05, 0) is 17.7 Å². The Morgan fingerprint density at radius 3 is 1.91 bits per heavy atom. The van der Waals surface area contributed by atoms with E-state index in [-0.39, 0.29) is 0 Å². The minimum atomic E-state index is -1.01. The van der Waals surface area contributed by atoms with Crippen molar-refractivity contribution in [3.8, 4) is 0 Å². The van der Waals surface area contributed by atoms with Crippen molar-refractivity contribution in [2.45, 2.75) is 6.04 Å². The molecule has 1 heterocycles. The van der Waals surface area contributed by atoms with Crippen LogP contribution in [0.4, 0.5) is 5.69 Å². The van der Waals surface area contributed by atoms with E-state index < -0.39 is 23.8 Å². The van der Waals surface area contributed by atoms with Gasteiger partial charge in [0, 0.05) is 17.8 Å². The Kier molecular flexibility index (Phi) is 4.01. The summed E-state index contributed by atoms with van der Waals surface area (Å²) in [5, 5.41) is 2.75. The summed E-state index contributed by atoms with van der Waals surface area (Å²) in [5.74, 6) is -1.42. The Bertz CT molecular complexity index is 751. The summed E-state index contributed by atoms with van der Waals surface area (Å²) in [5.41, 5.74) is 1.18. The molecular formula is C18H14N2O3. The lowest BCUT2D eigenvalue weighted by atomic mass is 10.0. The van der Waals surface area contributed by atoms with Crippen molar-refractivity contribution in [2.24, 2.45) is 0 Å². The van der Waals surface area contributed by atoms with Crippen LogP contribution in [0.2, 0.25) is 0 Å². The number of amides is 3. The molecule has 1 atom stereocenters. The summed E-state index contributed by atoms with van der Waals surface area (Å²) in [6.45, 7) is 0. The van der Waals surface area contributed by atoms with Crippen LogP contribution in [-0.4, -0.2) is 22.6 Å². The van der Waals surface area contributed by atoms with Crippen LogP contribution >= 0.6 is 0 Å². The summed E-state index contributed by atoms with van der Waals surface area (Å²) < 4.78 is 0. The maximum atomic E-state index is 12.7. The molecule has 5 nitrogen and oxygen atoms in total. The first-order chi connectivity index (χ1) is 11.2. The number of carbonyl (C=O) groups excluding carboxylic acids is 3. The maximum absolute atomic E-state index is 12.7. The summed E-state index contributed by atoms with van der Waals surface area (Å²) in [4.78, 5) is 37.7. The van der Waals surface area contributed by atoms with Crippen LogP contribution in [0, 0.1) is 0 Å². The number of hydrogen-bond donors (Lipinski definition) is 1. The monoisotopic (exact) mass is 306 g/mol. The minimum Gasteiger partial charge on any atom is -0.324 e. The fourth-order valence-electron chi connectivity index (χ4n) is 2.45. The average Bonchev–Trinajstić information content (AvgIpc) is 2.89. The van der Waals surface area contributed by atoms with Crippen LogP contribution in [0.15, 0.2) is 72.8 Å². The van der Waals surface area contributed by atoms with Crippen molar-refractivity contribution in [1.82, 2.24) is 4.90 Å². The molecule has 0 fully saturated rings. The van der Waals surface area contributed by atoms with Crippen molar-refractivity contribution in [2.75, 3.05) is 5.32 Å². The van der Waals surface area contributed by atoms with E-state index in [1.807, 2.05) is 12.1 Å². The van der Waals surface area contributed by atoms with Gasteiger partial charge < -0.3 is 5.32 Å². The molecule has 0 spiro atoms. The van der Waals surface area contributed by atoms with Crippen LogP contribution in [0.3, 0.4) is 0 Å². The molecule has 0 aromatic heterocycles. The number of nitrogens with one attached hydrogen (secondary N) is 1. The van der Waals surface area contributed by atoms with E-state index in [0.29, 0.717) is 11.3 Å². The SMILES string of the molecule is O=C(Nc1ccccc1)[C@H](c1ccccc1)N1C(=O)C=CC1=O. The molecule has 1 aliphatic rings. The molecule has 3 amide bonds. The number of benzene rings is 2. The van der Waals surface area contributed by atoms with Crippen molar-refractivity contribution < 1.29 is 14.4 Å². The Labute approximate surface area is 133 Å². The largest absolute Gasteiger partial charge is 0.324 e. The molecule has 0 saturated carbocycles. The van der Waals surface area contributed by atoms with Gasteiger partial charge in [-0.1, -0.05) is 48.5 Å². The van der Waals surface area contributed by atoms with Crippen LogP contribution < -0.4 is 5.32 Å². The van der Waals surface area contributed by atoms with E-state index in [2.05, 4.69) is 5.32 Å². The highest BCUT2D eigenvalue weighted by atomic mass is 16.2. The van der Waals surface area contributed by atoms with Crippen molar-refractivity contribution in [3.63, 3.8) is 0 Å². The number of nitrogens with zero attached hydrogens (tertiary/aromatic N) is 1. The fourth-order valence-corrected chi connectivity index (χ4v) is 2.45. The van der Waals surface area contributed by atoms with Crippen LogP contribution in [0.25, 0.3) is 0 Å². The van der Waals surface area contributed by atoms with Gasteiger partial charge in [0.2, 0.25) is 0 Å². The summed E-state index contributed by atoms with van der Waals surface area (Å²) >= 11 is 0. The van der Waals surface area contributed by atoms with E-state index in [9.17, 15) is 14.4 Å². The molecule has 23 heavy (non-hydrogen) atoms. The highest BCUT2D eigenvalue weighted by molar-refractivity contribution is 6.16. The first-order valence-corrected chi connectivity index (χ1v) is 7.13. The zero-order chi connectivity index (χ0) is 16.2. The van der Waals surface area contributed by atoms with Crippen LogP contribution in [-0.2, 0) is 14.4 Å². The molecule has 3 rings (SSSR count). The van der Waals surface area contributed by atoms with Gasteiger partial charge in [-0.25, -0.2) is 0 Å². The summed E-state index contributed by atoms with van der Waals surface area (Å²) in [6, 6.07) is 16.7. The highest BCUT2D eigenvalue weighted by Gasteiger charge is 2.36. The second-order valence-electron chi connectivity index (χ2n) is 5.05. The quantitative estimate of drug-likeness (QED) is 0.881. The zero-order valence-corrected chi connectivity index (χ0v) is 12.2. The van der Waals surface area contributed by atoms with E-state index in [1.165, 1.54) is 12.2 Å². The Balaban J connectivity index is 1.94. The fraction of sp³-hybridized carbons (Fsp3) is 0.0556. The second kappa shape index (κ2) is 6.27. The molecule has 5 heteroatoms. The predicted molar refractivity (Wildman–Crippen MR) is 85.2 cm³/mol. The zero-order valence-electron chi connectivity index (χ0n) is 12.2. The number of hydrogen-bond acceptors (Lipinski definition) is 3. The number of rotatable bonds is 4. The summed E-state index contributed by atoms with van der Waals surface area (Å²) in [7, 11) is 0. The van der Waals surface area contributed by atoms with Crippen molar-refractivity contribution in [1.29, 1.82) is 0 Å². The van der Waals surface area contributed by atoms with Crippen LogP contribution in [0.5, 0.6) is 0 Å². The molecule has 1 aliphatic heterocycles. The number of carbonyl (C=O) groups is 3. The molecule has 2 aromatic carbocycles. The van der Waals surface area contributed by atoms with Gasteiger partial charge >= 0.3 is 0 Å². The average molecular weight is 306 g/mol. The van der Waals surface area contributed by atoms with Gasteiger partial charge in [-0.3, -0.25) is 19.3 Å². The second-order valence-corrected chi connectivity index (χ2v) is 5.05. The van der Waals surface area contributed by atoms with Gasteiger partial charge in [0.1, 0.15) is 6.04 Å². The van der Waals surface area contributed by atoms with Gasteiger partial charge in [0.15, 0.2) is 0 Å². The van der Waals surface area contributed by atoms with Crippen molar-refractivity contribution in [3.05, 3.63) is 78.4 Å². The van der Waals surface area contributed by atoms with Gasteiger partial charge in [-0.2, -0.15) is 0 Å². The molecule has 114 valence electrons. The topological polar surface area (TPSA) is 66.5 Å². The molecule has 0 bridgehead atoms. The van der Waals surface area contributed by atoms with E-state index in [4.69, 9.17) is 0 Å². The highest BCUT2D eigenvalue weighted by Crippen LogP contribution is 2.26. The third kappa shape index (κ3) is 3.03. The van der Waals surface area contributed by atoms with E-state index in [0.717, 1.165) is 4.90 Å². The van der Waals surface area contributed by atoms with Gasteiger partial charge in [0.05, 0.1) is 0 Å². The summed E-state index contributed by atoms with van der Waals surface area (Å²) in [6.07, 6.45) is 2.35. The molecule has 2 aromatic rings. The lowest BCUT2D eigenvalue weighted by Crippen LogP contribution is -2.41. The Morgan fingerprint density at radius 2 is 1.35 bits per heavy atom. The molecular weight excluding hydrogens is 292 g/mol. The number of anilines is 1. The first kappa shape index (κ1) is 14.7. The Morgan fingerprint density at radius 1 is 0.826 bits per heavy atom. The van der Waals surface area contributed by atoms with Crippen LogP contribution in [0.1, 0.15) is 11.6 Å². The number of imide groups is 1. The molecule has 0 saturated heterocycles. The molecule has 1 N–H and O–H groups in total. The van der Waals surface area contributed by atoms with Gasteiger partial charge in [-0.15, -0.1) is 0 Å². The normalized spacial score (nSPS) is 14.9. The van der Waals surface area contributed by atoms with E-state index in [1.54, 1.807) is 48.5 Å². The lowest BCUT2D eigenvalue weighted by molar-refractivity contribution is -0.144. The number of para-hydroxylation sites is 1. The molecule has 0 aliphatic carbocycles. The van der Waals surface area contributed by atoms with Crippen molar-refractivity contribution >= 4 is 23.4 Å². The third-order valence-corrected chi connectivity index (χ3v) is 3.51. The predicted octanol–water partition coefficient (Wildman–Crippen LogP) is 2.29.